The second-order valence-corrected chi connectivity index (χ2v) is 4.72. The normalized spacial score (nSPS) is 15.4. The molecule has 0 fully saturated rings. The molecular weight excluding hydrogens is 261 g/mol. The van der Waals surface area contributed by atoms with Crippen molar-refractivity contribution < 1.29 is 4.79 Å². The van der Waals surface area contributed by atoms with Crippen LogP contribution in [0.5, 0.6) is 0 Å². The molecule has 0 spiro atoms. The number of halogens is 2. The summed E-state index contributed by atoms with van der Waals surface area (Å²) in [5, 5.41) is 6.20. The Morgan fingerprint density at radius 3 is 2.59 bits per heavy atom. The van der Waals surface area contributed by atoms with E-state index in [0.717, 1.165) is 11.1 Å². The second kappa shape index (κ2) is 4.20. The van der Waals surface area contributed by atoms with Gasteiger partial charge in [-0.15, -0.1) is 0 Å². The fourth-order valence-corrected chi connectivity index (χ4v) is 2.30. The van der Waals surface area contributed by atoms with Crippen molar-refractivity contribution in [3.63, 3.8) is 0 Å². The van der Waals surface area contributed by atoms with E-state index in [0.29, 0.717) is 21.6 Å². The Hall–Kier alpha value is -1.26. The molecule has 0 saturated heterocycles. The minimum atomic E-state index is -0.160. The van der Waals surface area contributed by atoms with E-state index in [9.17, 15) is 4.79 Å². The van der Waals surface area contributed by atoms with Crippen LogP contribution in [0.25, 0.3) is 0 Å². The van der Waals surface area contributed by atoms with E-state index in [2.05, 4.69) is 5.10 Å². The average Bonchev–Trinajstić information content (AvgIpc) is 2.55. The standard InChI is InChI=1S/C11H11Cl2N3O/c1-5-3-7(12)10(13)6(2)11(5)16-9(17)4-8(14)15-16/h3H,4H2,1-2H3,(H2,14,15). The van der Waals surface area contributed by atoms with E-state index in [1.165, 1.54) is 5.01 Å². The summed E-state index contributed by atoms with van der Waals surface area (Å²) in [5.74, 6) is 0.145. The molecule has 0 atom stereocenters. The van der Waals surface area contributed by atoms with E-state index >= 15 is 0 Å². The number of carbonyl (C=O) groups is 1. The van der Waals surface area contributed by atoms with Gasteiger partial charge in [-0.25, -0.2) is 0 Å². The molecule has 1 heterocycles. The van der Waals surface area contributed by atoms with Crippen molar-refractivity contribution >= 4 is 40.6 Å². The molecule has 0 aromatic heterocycles. The van der Waals surface area contributed by atoms with E-state index in [-0.39, 0.29) is 12.3 Å². The fraction of sp³-hybridized carbons (Fsp3) is 0.273. The monoisotopic (exact) mass is 271 g/mol. The number of amides is 1. The zero-order valence-corrected chi connectivity index (χ0v) is 10.9. The molecule has 1 aliphatic rings. The molecule has 6 heteroatoms. The van der Waals surface area contributed by atoms with E-state index in [1.54, 1.807) is 13.0 Å². The van der Waals surface area contributed by atoms with Gasteiger partial charge in [0.1, 0.15) is 5.84 Å². The summed E-state index contributed by atoms with van der Waals surface area (Å²) in [7, 11) is 0. The molecule has 0 radical (unpaired) electrons. The molecule has 90 valence electrons. The first-order valence-corrected chi connectivity index (χ1v) is 5.78. The van der Waals surface area contributed by atoms with Gasteiger partial charge in [-0.2, -0.15) is 10.1 Å². The number of rotatable bonds is 1. The van der Waals surface area contributed by atoms with Gasteiger partial charge in [0.2, 0.25) is 0 Å². The number of aryl methyl sites for hydroxylation is 1. The van der Waals surface area contributed by atoms with E-state index < -0.39 is 0 Å². The summed E-state index contributed by atoms with van der Waals surface area (Å²) in [6, 6.07) is 1.71. The fourth-order valence-electron chi connectivity index (χ4n) is 1.85. The molecule has 0 aliphatic carbocycles. The number of benzene rings is 1. The van der Waals surface area contributed by atoms with Crippen LogP contribution in [-0.2, 0) is 4.79 Å². The Morgan fingerprint density at radius 2 is 2.06 bits per heavy atom. The summed E-state index contributed by atoms with van der Waals surface area (Å²) in [4.78, 5) is 11.7. The third-order valence-electron chi connectivity index (χ3n) is 2.62. The van der Waals surface area contributed by atoms with Gasteiger partial charge in [-0.3, -0.25) is 4.79 Å². The number of hydrogen-bond donors (Lipinski definition) is 1. The van der Waals surface area contributed by atoms with Crippen LogP contribution < -0.4 is 10.7 Å². The Labute approximate surface area is 109 Å². The summed E-state index contributed by atoms with van der Waals surface area (Å²) >= 11 is 12.0. The van der Waals surface area contributed by atoms with Crippen LogP contribution in [-0.4, -0.2) is 11.7 Å². The Morgan fingerprint density at radius 1 is 1.41 bits per heavy atom. The third-order valence-corrected chi connectivity index (χ3v) is 3.50. The van der Waals surface area contributed by atoms with Crippen molar-refractivity contribution in [2.45, 2.75) is 20.3 Å². The van der Waals surface area contributed by atoms with Crippen LogP contribution in [0.4, 0.5) is 5.69 Å². The van der Waals surface area contributed by atoms with E-state index in [1.807, 2.05) is 6.92 Å². The van der Waals surface area contributed by atoms with Crippen LogP contribution in [0.1, 0.15) is 17.5 Å². The summed E-state index contributed by atoms with van der Waals surface area (Å²) in [5.41, 5.74) is 7.77. The SMILES string of the molecule is Cc1cc(Cl)c(Cl)c(C)c1N1N=C(N)CC1=O. The maximum absolute atomic E-state index is 11.7. The molecule has 0 unspecified atom stereocenters. The van der Waals surface area contributed by atoms with Crippen molar-refractivity contribution in [2.24, 2.45) is 10.8 Å². The Bertz CT molecular complexity index is 540. The highest BCUT2D eigenvalue weighted by atomic mass is 35.5. The van der Waals surface area contributed by atoms with Crippen LogP contribution in [0.15, 0.2) is 11.2 Å². The second-order valence-electron chi connectivity index (χ2n) is 3.94. The van der Waals surface area contributed by atoms with Gasteiger partial charge in [0.15, 0.2) is 0 Å². The van der Waals surface area contributed by atoms with Crippen molar-refractivity contribution in [1.29, 1.82) is 0 Å². The maximum atomic E-state index is 11.7. The molecule has 2 N–H and O–H groups in total. The van der Waals surface area contributed by atoms with Crippen LogP contribution in [0, 0.1) is 13.8 Å². The van der Waals surface area contributed by atoms with Crippen LogP contribution in [0.2, 0.25) is 10.0 Å². The maximum Gasteiger partial charge on any atom is 0.255 e. The average molecular weight is 272 g/mol. The minimum absolute atomic E-state index is 0.138. The lowest BCUT2D eigenvalue weighted by atomic mass is 10.1. The predicted octanol–water partition coefficient (Wildman–Crippen LogP) is 2.62. The lowest BCUT2D eigenvalue weighted by Crippen LogP contribution is -2.21. The largest absolute Gasteiger partial charge is 0.385 e. The Balaban J connectivity index is 2.60. The van der Waals surface area contributed by atoms with Crippen molar-refractivity contribution in [3.8, 4) is 0 Å². The van der Waals surface area contributed by atoms with E-state index in [4.69, 9.17) is 28.9 Å². The highest BCUT2D eigenvalue weighted by Gasteiger charge is 2.27. The zero-order chi connectivity index (χ0) is 12.7. The molecule has 0 bridgehead atoms. The van der Waals surface area contributed by atoms with Gasteiger partial charge in [0.05, 0.1) is 22.2 Å². The number of hydrogen-bond acceptors (Lipinski definition) is 3. The molecular formula is C11H11Cl2N3O. The molecule has 4 nitrogen and oxygen atoms in total. The molecule has 1 aromatic carbocycles. The number of carbonyl (C=O) groups excluding carboxylic acids is 1. The van der Waals surface area contributed by atoms with Gasteiger partial charge < -0.3 is 5.73 Å². The molecule has 1 amide bonds. The van der Waals surface area contributed by atoms with Crippen LogP contribution >= 0.6 is 23.2 Å². The van der Waals surface area contributed by atoms with Gasteiger partial charge in [0, 0.05) is 0 Å². The van der Waals surface area contributed by atoms with Crippen molar-refractivity contribution in [3.05, 3.63) is 27.2 Å². The zero-order valence-electron chi connectivity index (χ0n) is 9.42. The number of anilines is 1. The number of nitrogens with two attached hydrogens (primary N) is 1. The number of hydrazone groups is 1. The molecule has 1 aliphatic heterocycles. The quantitative estimate of drug-likeness (QED) is 0.854. The number of amidine groups is 1. The van der Waals surface area contributed by atoms with Gasteiger partial charge in [-0.1, -0.05) is 23.2 Å². The highest BCUT2D eigenvalue weighted by molar-refractivity contribution is 6.43. The predicted molar refractivity (Wildman–Crippen MR) is 69.7 cm³/mol. The molecule has 2 rings (SSSR count). The summed E-state index contributed by atoms with van der Waals surface area (Å²) in [6.45, 7) is 3.65. The Kier molecular flexibility index (Phi) is 3.02. The molecule has 1 aromatic rings. The van der Waals surface area contributed by atoms with Crippen LogP contribution in [0.3, 0.4) is 0 Å². The summed E-state index contributed by atoms with van der Waals surface area (Å²) in [6.07, 6.45) is 0.138. The first-order chi connectivity index (χ1) is 7.91. The number of nitrogens with zero attached hydrogens (tertiary/aromatic N) is 2. The smallest absolute Gasteiger partial charge is 0.255 e. The summed E-state index contributed by atoms with van der Waals surface area (Å²) < 4.78 is 0. The van der Waals surface area contributed by atoms with Gasteiger partial charge in [0.25, 0.3) is 5.91 Å². The van der Waals surface area contributed by atoms with Crippen molar-refractivity contribution in [2.75, 3.05) is 5.01 Å². The lowest BCUT2D eigenvalue weighted by Gasteiger charge is -2.18. The topological polar surface area (TPSA) is 58.7 Å². The molecule has 17 heavy (non-hydrogen) atoms. The first kappa shape index (κ1) is 12.2. The minimum Gasteiger partial charge on any atom is -0.385 e. The lowest BCUT2D eigenvalue weighted by molar-refractivity contribution is -0.116. The highest BCUT2D eigenvalue weighted by Crippen LogP contribution is 2.37. The van der Waals surface area contributed by atoms with Gasteiger partial charge >= 0.3 is 0 Å². The van der Waals surface area contributed by atoms with Crippen molar-refractivity contribution in [1.82, 2.24) is 0 Å². The van der Waals surface area contributed by atoms with Gasteiger partial charge in [-0.05, 0) is 31.0 Å². The third kappa shape index (κ3) is 1.98. The molecule has 0 saturated carbocycles. The first-order valence-electron chi connectivity index (χ1n) is 5.03.